The standard InChI is InChI=1S/C5H10N4O2S/c1-2(12-4(6)7)3(10)9-5(8)11/h2H,1H3,(H3,6,7)(H3,8,9,10,11). The van der Waals surface area contributed by atoms with Crippen LogP contribution in [-0.4, -0.2) is 22.4 Å². The Morgan fingerprint density at radius 1 is 1.50 bits per heavy atom. The Labute approximate surface area is 73.6 Å². The van der Waals surface area contributed by atoms with Crippen molar-refractivity contribution in [3.8, 4) is 0 Å². The third-order valence-electron chi connectivity index (χ3n) is 0.919. The molecule has 0 fully saturated rings. The summed E-state index contributed by atoms with van der Waals surface area (Å²) in [6, 6.07) is -0.906. The highest BCUT2D eigenvalue weighted by Crippen LogP contribution is 2.08. The van der Waals surface area contributed by atoms with Crippen molar-refractivity contribution in [2.24, 2.45) is 11.5 Å². The highest BCUT2D eigenvalue weighted by atomic mass is 32.2. The first-order valence-electron chi connectivity index (χ1n) is 3.04. The molecule has 0 aliphatic carbocycles. The molecule has 1 atom stereocenters. The van der Waals surface area contributed by atoms with E-state index in [2.05, 4.69) is 0 Å². The van der Waals surface area contributed by atoms with Crippen LogP contribution in [-0.2, 0) is 4.79 Å². The lowest BCUT2D eigenvalue weighted by Crippen LogP contribution is -2.40. The monoisotopic (exact) mass is 190 g/mol. The summed E-state index contributed by atoms with van der Waals surface area (Å²) in [6.45, 7) is 1.52. The molecule has 0 aliphatic heterocycles. The summed E-state index contributed by atoms with van der Waals surface area (Å²) in [6.07, 6.45) is 0. The summed E-state index contributed by atoms with van der Waals surface area (Å²) < 4.78 is 0. The van der Waals surface area contributed by atoms with E-state index in [-0.39, 0.29) is 5.17 Å². The summed E-state index contributed by atoms with van der Waals surface area (Å²) >= 11 is 0.846. The third-order valence-corrected chi connectivity index (χ3v) is 1.74. The van der Waals surface area contributed by atoms with Gasteiger partial charge in [-0.05, 0) is 6.92 Å². The summed E-state index contributed by atoms with van der Waals surface area (Å²) in [5, 5.41) is 7.95. The molecule has 68 valence electrons. The molecule has 1 unspecified atom stereocenters. The molecule has 0 aromatic heterocycles. The molecule has 6 N–H and O–H groups in total. The van der Waals surface area contributed by atoms with E-state index < -0.39 is 17.2 Å². The molecule has 0 heterocycles. The summed E-state index contributed by atoms with van der Waals surface area (Å²) in [5.41, 5.74) is 9.71. The second-order valence-corrected chi connectivity index (χ2v) is 3.36. The molecular weight excluding hydrogens is 180 g/mol. The second-order valence-electron chi connectivity index (χ2n) is 1.98. The number of thioether (sulfide) groups is 1. The number of urea groups is 1. The number of hydrogen-bond acceptors (Lipinski definition) is 4. The average molecular weight is 190 g/mol. The molecule has 0 saturated heterocycles. The molecular formula is C5H10N4O2S. The van der Waals surface area contributed by atoms with Gasteiger partial charge in [0.15, 0.2) is 5.17 Å². The fourth-order valence-electron chi connectivity index (χ4n) is 0.467. The number of amidine groups is 1. The Hall–Kier alpha value is -1.24. The number of nitrogens with one attached hydrogen (secondary N) is 2. The van der Waals surface area contributed by atoms with Gasteiger partial charge in [0, 0.05) is 0 Å². The molecule has 0 saturated carbocycles. The summed E-state index contributed by atoms with van der Waals surface area (Å²) in [5.74, 6) is -0.553. The van der Waals surface area contributed by atoms with Crippen molar-refractivity contribution >= 4 is 28.9 Å². The minimum atomic E-state index is -0.906. The quantitative estimate of drug-likeness (QED) is 0.336. The number of carbonyl (C=O) groups is 2. The molecule has 0 aliphatic rings. The zero-order valence-corrected chi connectivity index (χ0v) is 7.27. The van der Waals surface area contributed by atoms with Gasteiger partial charge in [0.05, 0.1) is 5.25 Å². The molecule has 7 heteroatoms. The van der Waals surface area contributed by atoms with Crippen molar-refractivity contribution < 1.29 is 9.59 Å². The van der Waals surface area contributed by atoms with E-state index in [9.17, 15) is 9.59 Å². The van der Waals surface area contributed by atoms with Crippen LogP contribution in [0, 0.1) is 5.41 Å². The van der Waals surface area contributed by atoms with Crippen LogP contribution in [0.5, 0.6) is 0 Å². The fourth-order valence-corrected chi connectivity index (χ4v) is 1.01. The van der Waals surface area contributed by atoms with Crippen molar-refractivity contribution in [2.45, 2.75) is 12.2 Å². The molecule has 0 spiro atoms. The number of hydrogen-bond donors (Lipinski definition) is 4. The van der Waals surface area contributed by atoms with Gasteiger partial charge in [-0.3, -0.25) is 15.5 Å². The van der Waals surface area contributed by atoms with Gasteiger partial charge in [0.25, 0.3) is 0 Å². The van der Waals surface area contributed by atoms with Gasteiger partial charge in [0.1, 0.15) is 0 Å². The maximum Gasteiger partial charge on any atom is 0.318 e. The van der Waals surface area contributed by atoms with E-state index in [0.29, 0.717) is 0 Å². The summed E-state index contributed by atoms with van der Waals surface area (Å²) in [7, 11) is 0. The van der Waals surface area contributed by atoms with Gasteiger partial charge in [-0.15, -0.1) is 0 Å². The molecule has 0 radical (unpaired) electrons. The lowest BCUT2D eigenvalue weighted by molar-refractivity contribution is -0.119. The zero-order valence-electron chi connectivity index (χ0n) is 6.46. The topological polar surface area (TPSA) is 122 Å². The van der Waals surface area contributed by atoms with Crippen LogP contribution in [0.25, 0.3) is 0 Å². The van der Waals surface area contributed by atoms with Gasteiger partial charge in [-0.2, -0.15) is 0 Å². The van der Waals surface area contributed by atoms with E-state index in [1.165, 1.54) is 6.92 Å². The SMILES string of the molecule is CC(SC(=N)N)C(=O)NC(N)=O. The largest absolute Gasteiger partial charge is 0.379 e. The molecule has 0 aromatic rings. The van der Waals surface area contributed by atoms with Gasteiger partial charge in [-0.25, -0.2) is 4.79 Å². The van der Waals surface area contributed by atoms with E-state index in [0.717, 1.165) is 11.8 Å². The van der Waals surface area contributed by atoms with Crippen molar-refractivity contribution in [1.82, 2.24) is 5.32 Å². The second kappa shape index (κ2) is 4.60. The predicted molar refractivity (Wildman–Crippen MR) is 46.7 cm³/mol. The number of rotatable bonds is 2. The van der Waals surface area contributed by atoms with Crippen LogP contribution >= 0.6 is 11.8 Å². The maximum atomic E-state index is 10.9. The average Bonchev–Trinajstić information content (AvgIpc) is 1.84. The van der Waals surface area contributed by atoms with Gasteiger partial charge >= 0.3 is 6.03 Å². The van der Waals surface area contributed by atoms with Crippen LogP contribution in [0.4, 0.5) is 4.79 Å². The van der Waals surface area contributed by atoms with Gasteiger partial charge < -0.3 is 11.5 Å². The third kappa shape index (κ3) is 4.56. The normalized spacial score (nSPS) is 11.8. The minimum absolute atomic E-state index is 0.179. The van der Waals surface area contributed by atoms with Crippen LogP contribution < -0.4 is 16.8 Å². The molecule has 12 heavy (non-hydrogen) atoms. The number of primary amides is 1. The van der Waals surface area contributed by atoms with E-state index >= 15 is 0 Å². The number of carbonyl (C=O) groups excluding carboxylic acids is 2. The Morgan fingerprint density at radius 2 is 2.00 bits per heavy atom. The first-order chi connectivity index (χ1) is 5.43. The predicted octanol–water partition coefficient (Wildman–Crippen LogP) is -0.804. The van der Waals surface area contributed by atoms with E-state index in [1.807, 2.05) is 5.32 Å². The van der Waals surface area contributed by atoms with E-state index in [1.54, 1.807) is 0 Å². The van der Waals surface area contributed by atoms with Crippen LogP contribution in [0.1, 0.15) is 6.92 Å². The summed E-state index contributed by atoms with van der Waals surface area (Å²) in [4.78, 5) is 21.1. The maximum absolute atomic E-state index is 10.9. The highest BCUT2D eigenvalue weighted by Gasteiger charge is 2.15. The zero-order chi connectivity index (χ0) is 9.72. The molecule has 6 nitrogen and oxygen atoms in total. The fraction of sp³-hybridized carbons (Fsp3) is 0.400. The molecule has 0 aromatic carbocycles. The van der Waals surface area contributed by atoms with Crippen molar-refractivity contribution in [3.05, 3.63) is 0 Å². The number of amides is 3. The Balaban J connectivity index is 3.93. The highest BCUT2D eigenvalue weighted by molar-refractivity contribution is 8.14. The number of imide groups is 1. The minimum Gasteiger partial charge on any atom is -0.379 e. The van der Waals surface area contributed by atoms with Crippen LogP contribution in [0.2, 0.25) is 0 Å². The number of nitrogens with two attached hydrogens (primary N) is 2. The lowest BCUT2D eigenvalue weighted by Gasteiger charge is -2.07. The molecule has 0 rings (SSSR count). The van der Waals surface area contributed by atoms with Crippen LogP contribution in [0.15, 0.2) is 0 Å². The van der Waals surface area contributed by atoms with Crippen molar-refractivity contribution in [2.75, 3.05) is 0 Å². The Bertz CT molecular complexity index is 217. The molecule has 0 bridgehead atoms. The Kier molecular flexibility index (Phi) is 4.12. The van der Waals surface area contributed by atoms with Crippen molar-refractivity contribution in [1.29, 1.82) is 5.41 Å². The van der Waals surface area contributed by atoms with Gasteiger partial charge in [-0.1, -0.05) is 11.8 Å². The Morgan fingerprint density at radius 3 is 2.33 bits per heavy atom. The first-order valence-corrected chi connectivity index (χ1v) is 3.92. The molecule has 3 amide bonds. The van der Waals surface area contributed by atoms with Gasteiger partial charge in [0.2, 0.25) is 5.91 Å². The smallest absolute Gasteiger partial charge is 0.318 e. The van der Waals surface area contributed by atoms with Crippen LogP contribution in [0.3, 0.4) is 0 Å². The first kappa shape index (κ1) is 10.8. The van der Waals surface area contributed by atoms with Crippen molar-refractivity contribution in [3.63, 3.8) is 0 Å². The lowest BCUT2D eigenvalue weighted by atomic mass is 10.4. The van der Waals surface area contributed by atoms with E-state index in [4.69, 9.17) is 16.9 Å².